The molecule has 1 aliphatic heterocycles. The number of nitrogens with one attached hydrogen (secondary N) is 2. The summed E-state index contributed by atoms with van der Waals surface area (Å²) in [6.07, 6.45) is 3.19. The number of ether oxygens (including phenoxy) is 1. The summed E-state index contributed by atoms with van der Waals surface area (Å²) in [5, 5.41) is 5.68. The SMILES string of the molecule is CC1Oc2c(cccc2C(=O)N(CC(=O)NC2CC2)C2CC2)NC1=O. The van der Waals surface area contributed by atoms with Gasteiger partial charge in [-0.3, -0.25) is 14.4 Å². The van der Waals surface area contributed by atoms with Gasteiger partial charge in [-0.2, -0.15) is 0 Å². The van der Waals surface area contributed by atoms with Crippen LogP contribution in [-0.4, -0.2) is 47.4 Å². The number of rotatable bonds is 5. The summed E-state index contributed by atoms with van der Waals surface area (Å²) in [6, 6.07) is 5.47. The molecule has 2 N–H and O–H groups in total. The molecule has 3 aliphatic rings. The Morgan fingerprint density at radius 3 is 2.72 bits per heavy atom. The number of carbonyl (C=O) groups is 3. The zero-order valence-electron chi connectivity index (χ0n) is 14.1. The maximum Gasteiger partial charge on any atom is 0.265 e. The van der Waals surface area contributed by atoms with Gasteiger partial charge in [-0.1, -0.05) is 6.07 Å². The van der Waals surface area contributed by atoms with Crippen molar-refractivity contribution >= 4 is 23.4 Å². The summed E-state index contributed by atoms with van der Waals surface area (Å²) in [5.74, 6) is -0.198. The Morgan fingerprint density at radius 1 is 1.28 bits per heavy atom. The molecular formula is C18H21N3O4. The molecule has 25 heavy (non-hydrogen) atoms. The van der Waals surface area contributed by atoms with E-state index in [-0.39, 0.29) is 36.3 Å². The van der Waals surface area contributed by atoms with Gasteiger partial charge in [0.2, 0.25) is 5.91 Å². The molecule has 2 fully saturated rings. The van der Waals surface area contributed by atoms with Gasteiger partial charge in [0, 0.05) is 12.1 Å². The highest BCUT2D eigenvalue weighted by Crippen LogP contribution is 2.36. The van der Waals surface area contributed by atoms with Gasteiger partial charge in [-0.15, -0.1) is 0 Å². The van der Waals surface area contributed by atoms with E-state index in [9.17, 15) is 14.4 Å². The molecule has 1 unspecified atom stereocenters. The third-order valence-electron chi connectivity index (χ3n) is 4.67. The van der Waals surface area contributed by atoms with Crippen molar-refractivity contribution in [1.82, 2.24) is 10.2 Å². The Labute approximate surface area is 145 Å². The van der Waals surface area contributed by atoms with Gasteiger partial charge in [-0.05, 0) is 44.7 Å². The molecule has 3 amide bonds. The van der Waals surface area contributed by atoms with Crippen molar-refractivity contribution in [2.24, 2.45) is 0 Å². The number of fused-ring (bicyclic) bond motifs is 1. The van der Waals surface area contributed by atoms with E-state index in [1.807, 2.05) is 0 Å². The molecule has 1 heterocycles. The van der Waals surface area contributed by atoms with Gasteiger partial charge in [0.25, 0.3) is 11.8 Å². The molecule has 1 aromatic rings. The summed E-state index contributed by atoms with van der Waals surface area (Å²) in [4.78, 5) is 38.6. The van der Waals surface area contributed by atoms with E-state index < -0.39 is 6.10 Å². The van der Waals surface area contributed by atoms with E-state index in [0.29, 0.717) is 17.0 Å². The van der Waals surface area contributed by atoms with E-state index in [4.69, 9.17) is 4.74 Å². The van der Waals surface area contributed by atoms with Crippen molar-refractivity contribution in [2.75, 3.05) is 11.9 Å². The fourth-order valence-electron chi connectivity index (χ4n) is 2.96. The Kier molecular flexibility index (Phi) is 3.86. The molecule has 1 atom stereocenters. The minimum absolute atomic E-state index is 0.0611. The molecule has 0 radical (unpaired) electrons. The smallest absolute Gasteiger partial charge is 0.265 e. The minimum Gasteiger partial charge on any atom is -0.478 e. The van der Waals surface area contributed by atoms with E-state index >= 15 is 0 Å². The Balaban J connectivity index is 1.57. The van der Waals surface area contributed by atoms with Crippen LogP contribution in [0.4, 0.5) is 5.69 Å². The summed E-state index contributed by atoms with van der Waals surface area (Å²) in [5.41, 5.74) is 0.877. The lowest BCUT2D eigenvalue weighted by Crippen LogP contribution is -2.43. The third-order valence-corrected chi connectivity index (χ3v) is 4.67. The predicted molar refractivity (Wildman–Crippen MR) is 90.4 cm³/mol. The van der Waals surface area contributed by atoms with Crippen LogP contribution in [0.2, 0.25) is 0 Å². The predicted octanol–water partition coefficient (Wildman–Crippen LogP) is 1.29. The highest BCUT2D eigenvalue weighted by atomic mass is 16.5. The molecule has 2 saturated carbocycles. The summed E-state index contributed by atoms with van der Waals surface area (Å²) in [6.45, 7) is 1.70. The van der Waals surface area contributed by atoms with Crippen LogP contribution in [0.5, 0.6) is 5.75 Å². The van der Waals surface area contributed by atoms with Crippen molar-refractivity contribution in [3.63, 3.8) is 0 Å². The van der Waals surface area contributed by atoms with E-state index in [1.54, 1.807) is 30.0 Å². The van der Waals surface area contributed by atoms with E-state index in [0.717, 1.165) is 25.7 Å². The van der Waals surface area contributed by atoms with Gasteiger partial charge in [0.1, 0.15) is 6.54 Å². The zero-order chi connectivity index (χ0) is 17.6. The first-order valence-corrected chi connectivity index (χ1v) is 8.74. The number of benzene rings is 1. The molecule has 1 aromatic carbocycles. The lowest BCUT2D eigenvalue weighted by Gasteiger charge is -2.27. The van der Waals surface area contributed by atoms with E-state index in [1.165, 1.54) is 0 Å². The molecule has 132 valence electrons. The first-order valence-electron chi connectivity index (χ1n) is 8.74. The van der Waals surface area contributed by atoms with Crippen LogP contribution in [0, 0.1) is 0 Å². The van der Waals surface area contributed by atoms with E-state index in [2.05, 4.69) is 10.6 Å². The number of carbonyl (C=O) groups excluding carboxylic acids is 3. The molecule has 0 saturated heterocycles. The van der Waals surface area contributed by atoms with Crippen molar-refractivity contribution in [3.8, 4) is 5.75 Å². The second kappa shape index (κ2) is 6.06. The van der Waals surface area contributed by atoms with Crippen LogP contribution in [0.15, 0.2) is 18.2 Å². The largest absolute Gasteiger partial charge is 0.478 e. The Morgan fingerprint density at radius 2 is 2.04 bits per heavy atom. The van der Waals surface area contributed by atoms with Crippen LogP contribution in [0.1, 0.15) is 43.0 Å². The number of para-hydroxylation sites is 1. The molecule has 0 spiro atoms. The quantitative estimate of drug-likeness (QED) is 0.843. The summed E-state index contributed by atoms with van der Waals surface area (Å²) in [7, 11) is 0. The second-order valence-electron chi connectivity index (χ2n) is 6.94. The number of amides is 3. The fourth-order valence-corrected chi connectivity index (χ4v) is 2.96. The van der Waals surface area contributed by atoms with Crippen molar-refractivity contribution in [2.45, 2.75) is 50.8 Å². The van der Waals surface area contributed by atoms with Crippen LogP contribution in [-0.2, 0) is 9.59 Å². The van der Waals surface area contributed by atoms with Crippen molar-refractivity contribution in [1.29, 1.82) is 0 Å². The Bertz CT molecular complexity index is 740. The van der Waals surface area contributed by atoms with Crippen LogP contribution in [0.25, 0.3) is 0 Å². The molecule has 2 aliphatic carbocycles. The highest BCUT2D eigenvalue weighted by Gasteiger charge is 2.37. The topological polar surface area (TPSA) is 87.7 Å². The maximum atomic E-state index is 13.1. The molecular weight excluding hydrogens is 322 g/mol. The number of hydrogen-bond donors (Lipinski definition) is 2. The van der Waals surface area contributed by atoms with Crippen LogP contribution >= 0.6 is 0 Å². The highest BCUT2D eigenvalue weighted by molar-refractivity contribution is 6.04. The van der Waals surface area contributed by atoms with Gasteiger partial charge in [0.05, 0.1) is 11.3 Å². The van der Waals surface area contributed by atoms with Crippen molar-refractivity contribution < 1.29 is 19.1 Å². The van der Waals surface area contributed by atoms with Gasteiger partial charge < -0.3 is 20.3 Å². The fraction of sp³-hybridized carbons (Fsp3) is 0.500. The average molecular weight is 343 g/mol. The number of hydrogen-bond acceptors (Lipinski definition) is 4. The Hall–Kier alpha value is -2.57. The molecule has 4 rings (SSSR count). The maximum absolute atomic E-state index is 13.1. The monoisotopic (exact) mass is 343 g/mol. The second-order valence-corrected chi connectivity index (χ2v) is 6.94. The minimum atomic E-state index is -0.658. The lowest BCUT2D eigenvalue weighted by atomic mass is 10.1. The average Bonchev–Trinajstić information content (AvgIpc) is 3.47. The summed E-state index contributed by atoms with van der Waals surface area (Å²) >= 11 is 0. The first kappa shape index (κ1) is 15.9. The zero-order valence-corrected chi connectivity index (χ0v) is 14.1. The number of anilines is 1. The van der Waals surface area contributed by atoms with Gasteiger partial charge in [-0.25, -0.2) is 0 Å². The molecule has 7 heteroatoms. The van der Waals surface area contributed by atoms with Gasteiger partial charge >= 0.3 is 0 Å². The third kappa shape index (κ3) is 3.31. The number of nitrogens with zero attached hydrogens (tertiary/aromatic N) is 1. The standard InChI is InChI=1S/C18H21N3O4/c1-10-17(23)20-14-4-2-3-13(16(14)25-10)18(24)21(12-7-8-12)9-15(22)19-11-5-6-11/h2-4,10-12H,5-9H2,1H3,(H,19,22)(H,20,23). The van der Waals surface area contributed by atoms with Crippen molar-refractivity contribution in [3.05, 3.63) is 23.8 Å². The molecule has 0 bridgehead atoms. The van der Waals surface area contributed by atoms with Crippen LogP contribution < -0.4 is 15.4 Å². The summed E-state index contributed by atoms with van der Waals surface area (Å²) < 4.78 is 5.67. The molecule has 0 aromatic heterocycles. The van der Waals surface area contributed by atoms with Gasteiger partial charge in [0.15, 0.2) is 11.9 Å². The first-order chi connectivity index (χ1) is 12.0. The van der Waals surface area contributed by atoms with Crippen LogP contribution in [0.3, 0.4) is 0 Å². The molecule has 7 nitrogen and oxygen atoms in total. The lowest BCUT2D eigenvalue weighted by molar-refractivity contribution is -0.123. The normalized spacial score (nSPS) is 21.6.